The lowest BCUT2D eigenvalue weighted by Gasteiger charge is -2.27. The first-order chi connectivity index (χ1) is 13.4. The van der Waals surface area contributed by atoms with Gasteiger partial charge in [-0.05, 0) is 52.8 Å². The molecule has 0 saturated carbocycles. The third kappa shape index (κ3) is 5.20. The minimum absolute atomic E-state index is 0.177. The van der Waals surface area contributed by atoms with Crippen molar-refractivity contribution in [3.8, 4) is 17.2 Å². The number of hydrogen-bond acceptors (Lipinski definition) is 4. The van der Waals surface area contributed by atoms with Gasteiger partial charge in [-0.15, -0.1) is 0 Å². The van der Waals surface area contributed by atoms with E-state index < -0.39 is 0 Å². The quantitative estimate of drug-likeness (QED) is 0.505. The molecule has 0 saturated heterocycles. The van der Waals surface area contributed by atoms with Crippen LogP contribution in [0.3, 0.4) is 0 Å². The van der Waals surface area contributed by atoms with Crippen LogP contribution in [0, 0.1) is 0 Å². The zero-order valence-corrected chi connectivity index (χ0v) is 18.7. The monoisotopic (exact) mass is 396 g/mol. The van der Waals surface area contributed by atoms with Crippen molar-refractivity contribution in [2.75, 3.05) is 14.2 Å². The average Bonchev–Trinajstić information content (AvgIpc) is 2.64. The minimum atomic E-state index is -0.228. The molecule has 0 spiro atoms. The van der Waals surface area contributed by atoms with Crippen LogP contribution in [0.25, 0.3) is 6.08 Å². The van der Waals surface area contributed by atoms with Gasteiger partial charge in [-0.1, -0.05) is 47.6 Å². The van der Waals surface area contributed by atoms with E-state index in [0.29, 0.717) is 22.8 Å². The highest BCUT2D eigenvalue weighted by molar-refractivity contribution is 6.09. The Morgan fingerprint density at radius 1 is 0.897 bits per heavy atom. The number of methoxy groups -OCH3 is 2. The maximum absolute atomic E-state index is 12.8. The highest BCUT2D eigenvalue weighted by Crippen LogP contribution is 2.40. The SMILES string of the molecule is COc1ccc(OC)c(C(=O)/C=C/c2cc(C(C)(C)C)c(O)c(C(C)(C)C)c2)c1. The Morgan fingerprint density at radius 2 is 1.45 bits per heavy atom. The van der Waals surface area contributed by atoms with Crippen LogP contribution in [0.15, 0.2) is 36.4 Å². The number of phenolic OH excluding ortho intramolecular Hbond substituents is 1. The zero-order valence-electron chi connectivity index (χ0n) is 18.7. The van der Waals surface area contributed by atoms with Gasteiger partial charge in [0.15, 0.2) is 5.78 Å². The minimum Gasteiger partial charge on any atom is -0.507 e. The maximum Gasteiger partial charge on any atom is 0.189 e. The van der Waals surface area contributed by atoms with E-state index in [0.717, 1.165) is 16.7 Å². The van der Waals surface area contributed by atoms with Crippen molar-refractivity contribution >= 4 is 11.9 Å². The molecule has 0 unspecified atom stereocenters. The largest absolute Gasteiger partial charge is 0.507 e. The number of hydrogen-bond donors (Lipinski definition) is 1. The van der Waals surface area contributed by atoms with Gasteiger partial charge in [-0.25, -0.2) is 0 Å². The molecule has 1 N–H and O–H groups in total. The number of phenols is 1. The number of ketones is 1. The van der Waals surface area contributed by atoms with E-state index >= 15 is 0 Å². The van der Waals surface area contributed by atoms with Crippen LogP contribution in [0.1, 0.15) is 68.6 Å². The summed E-state index contributed by atoms with van der Waals surface area (Å²) in [5, 5.41) is 10.8. The third-order valence-corrected chi connectivity index (χ3v) is 4.85. The third-order valence-electron chi connectivity index (χ3n) is 4.85. The lowest BCUT2D eigenvalue weighted by atomic mass is 9.78. The fourth-order valence-electron chi connectivity index (χ4n) is 3.16. The second-order valence-corrected chi connectivity index (χ2v) is 9.23. The van der Waals surface area contributed by atoms with Crippen LogP contribution in [0.4, 0.5) is 0 Å². The van der Waals surface area contributed by atoms with E-state index in [9.17, 15) is 9.90 Å². The van der Waals surface area contributed by atoms with Crippen LogP contribution >= 0.6 is 0 Å². The molecule has 4 heteroatoms. The standard InChI is InChI=1S/C25H32O4/c1-24(2,3)19-13-16(14-20(23(19)27)25(4,5)6)9-11-21(26)18-15-17(28-7)10-12-22(18)29-8/h9-15,27H,1-8H3/b11-9+. The summed E-state index contributed by atoms with van der Waals surface area (Å²) >= 11 is 0. The summed E-state index contributed by atoms with van der Waals surface area (Å²) in [5.74, 6) is 1.24. The molecule has 0 aliphatic carbocycles. The average molecular weight is 397 g/mol. The number of rotatable bonds is 5. The van der Waals surface area contributed by atoms with E-state index in [1.165, 1.54) is 13.2 Å². The Balaban J connectivity index is 2.51. The van der Waals surface area contributed by atoms with Gasteiger partial charge in [0.1, 0.15) is 17.2 Å². The topological polar surface area (TPSA) is 55.8 Å². The number of ether oxygens (including phenoxy) is 2. The molecular weight excluding hydrogens is 364 g/mol. The molecule has 0 aliphatic heterocycles. The lowest BCUT2D eigenvalue weighted by molar-refractivity contribution is 0.104. The Hall–Kier alpha value is -2.75. The smallest absolute Gasteiger partial charge is 0.189 e. The summed E-state index contributed by atoms with van der Waals surface area (Å²) in [6.07, 6.45) is 3.31. The Bertz CT molecular complexity index is 890. The lowest BCUT2D eigenvalue weighted by Crippen LogP contribution is -2.17. The van der Waals surface area contributed by atoms with Crippen LogP contribution in [0.5, 0.6) is 17.2 Å². The van der Waals surface area contributed by atoms with Crippen LogP contribution in [-0.2, 0) is 10.8 Å². The van der Waals surface area contributed by atoms with Crippen molar-refractivity contribution in [2.45, 2.75) is 52.4 Å². The molecule has 0 aliphatic rings. The van der Waals surface area contributed by atoms with Gasteiger partial charge >= 0.3 is 0 Å². The van der Waals surface area contributed by atoms with Crippen molar-refractivity contribution in [3.63, 3.8) is 0 Å². The van der Waals surface area contributed by atoms with Gasteiger partial charge in [-0.2, -0.15) is 0 Å². The van der Waals surface area contributed by atoms with Gasteiger partial charge < -0.3 is 14.6 Å². The van der Waals surface area contributed by atoms with Crippen LogP contribution in [0.2, 0.25) is 0 Å². The first-order valence-corrected chi connectivity index (χ1v) is 9.71. The Labute approximate surface area is 174 Å². The number of carbonyl (C=O) groups is 1. The molecule has 4 nitrogen and oxygen atoms in total. The molecule has 2 aromatic rings. The molecule has 2 aromatic carbocycles. The fourth-order valence-corrected chi connectivity index (χ4v) is 3.16. The van der Waals surface area contributed by atoms with Gasteiger partial charge in [0.05, 0.1) is 19.8 Å². The van der Waals surface area contributed by atoms with E-state index in [1.54, 1.807) is 31.4 Å². The second kappa shape index (κ2) is 8.32. The molecule has 0 heterocycles. The van der Waals surface area contributed by atoms with Crippen molar-refractivity contribution in [3.05, 3.63) is 58.7 Å². The number of allylic oxidation sites excluding steroid dienone is 1. The number of carbonyl (C=O) groups excluding carboxylic acids is 1. The van der Waals surface area contributed by atoms with Crippen molar-refractivity contribution in [1.82, 2.24) is 0 Å². The van der Waals surface area contributed by atoms with Crippen molar-refractivity contribution in [2.24, 2.45) is 0 Å². The second-order valence-electron chi connectivity index (χ2n) is 9.23. The maximum atomic E-state index is 12.8. The molecule has 0 amide bonds. The molecule has 0 aromatic heterocycles. The van der Waals surface area contributed by atoms with Crippen molar-refractivity contribution < 1.29 is 19.4 Å². The van der Waals surface area contributed by atoms with Crippen LogP contribution in [-0.4, -0.2) is 25.1 Å². The number of benzene rings is 2. The summed E-state index contributed by atoms with van der Waals surface area (Å²) in [5.41, 5.74) is 2.57. The highest BCUT2D eigenvalue weighted by atomic mass is 16.5. The summed E-state index contributed by atoms with van der Waals surface area (Å²) in [6.45, 7) is 12.4. The first kappa shape index (κ1) is 22.5. The van der Waals surface area contributed by atoms with E-state index in [4.69, 9.17) is 9.47 Å². The van der Waals surface area contributed by atoms with E-state index in [-0.39, 0.29) is 16.6 Å². The van der Waals surface area contributed by atoms with Gasteiger partial charge in [0, 0.05) is 11.1 Å². The predicted molar refractivity (Wildman–Crippen MR) is 118 cm³/mol. The molecule has 0 radical (unpaired) electrons. The summed E-state index contributed by atoms with van der Waals surface area (Å²) in [6, 6.07) is 9.03. The van der Waals surface area contributed by atoms with Gasteiger partial charge in [0.2, 0.25) is 0 Å². The van der Waals surface area contributed by atoms with Crippen molar-refractivity contribution in [1.29, 1.82) is 0 Å². The number of aromatic hydroxyl groups is 1. The zero-order chi connectivity index (χ0) is 22.0. The fraction of sp³-hybridized carbons (Fsp3) is 0.400. The Morgan fingerprint density at radius 3 is 1.90 bits per heavy atom. The molecule has 0 atom stereocenters. The first-order valence-electron chi connectivity index (χ1n) is 9.71. The van der Waals surface area contributed by atoms with Crippen LogP contribution < -0.4 is 9.47 Å². The summed E-state index contributed by atoms with van der Waals surface area (Å²) < 4.78 is 10.5. The molecule has 0 bridgehead atoms. The van der Waals surface area contributed by atoms with Gasteiger partial charge in [-0.3, -0.25) is 4.79 Å². The summed E-state index contributed by atoms with van der Waals surface area (Å²) in [4.78, 5) is 12.8. The predicted octanol–water partition coefficient (Wildman–Crippen LogP) is 5.90. The summed E-state index contributed by atoms with van der Waals surface area (Å²) in [7, 11) is 3.10. The van der Waals surface area contributed by atoms with Gasteiger partial charge in [0.25, 0.3) is 0 Å². The highest BCUT2D eigenvalue weighted by Gasteiger charge is 2.26. The van der Waals surface area contributed by atoms with E-state index in [1.807, 2.05) is 12.1 Å². The molecule has 156 valence electrons. The van der Waals surface area contributed by atoms with E-state index in [2.05, 4.69) is 41.5 Å². The molecule has 29 heavy (non-hydrogen) atoms. The normalized spacial score (nSPS) is 12.3. The molecular formula is C25H32O4. The Kier molecular flexibility index (Phi) is 6.46. The molecule has 0 fully saturated rings. The molecule has 2 rings (SSSR count).